The summed E-state index contributed by atoms with van der Waals surface area (Å²) in [6, 6.07) is 0. The molecule has 0 bridgehead atoms. The highest BCUT2D eigenvalue weighted by Gasteiger charge is 2.06. The molecule has 1 atom stereocenters. The zero-order chi connectivity index (χ0) is 5.98. The first-order valence-corrected chi connectivity index (χ1v) is 3.10. The third-order valence-corrected chi connectivity index (χ3v) is 1.77. The van der Waals surface area contributed by atoms with Crippen LogP contribution >= 0.6 is 9.39 Å². The molecule has 0 aromatic rings. The lowest BCUT2D eigenvalue weighted by Crippen LogP contribution is -2.25. The van der Waals surface area contributed by atoms with Crippen LogP contribution in [0.15, 0.2) is 12.3 Å². The van der Waals surface area contributed by atoms with Crippen molar-refractivity contribution in [3.8, 4) is 0 Å². The quantitative estimate of drug-likeness (QED) is 0.447. The van der Waals surface area contributed by atoms with Gasteiger partial charge in [-0.05, 0) is 9.39 Å². The minimum absolute atomic E-state index is 0.684. The molecule has 1 aliphatic rings. The Balaban J connectivity index is 2.39. The van der Waals surface area contributed by atoms with Crippen molar-refractivity contribution >= 4 is 9.39 Å². The van der Waals surface area contributed by atoms with Crippen LogP contribution in [0.25, 0.3) is 0 Å². The number of hydrogen-bond donors (Lipinski definition) is 0. The third kappa shape index (κ3) is 1.21. The molecule has 1 saturated heterocycles. The maximum Gasteiger partial charge on any atom is 0.0861 e. The number of hydrogen-bond acceptors (Lipinski definition) is 2. The van der Waals surface area contributed by atoms with Gasteiger partial charge in [0.2, 0.25) is 0 Å². The van der Waals surface area contributed by atoms with E-state index in [0.29, 0.717) is 6.61 Å². The molecule has 0 N–H and O–H groups in total. The van der Waals surface area contributed by atoms with Gasteiger partial charge in [0.1, 0.15) is 0 Å². The minimum atomic E-state index is 0.684. The van der Waals surface area contributed by atoms with Gasteiger partial charge in [0.05, 0.1) is 13.2 Å². The van der Waals surface area contributed by atoms with Crippen LogP contribution in [0.2, 0.25) is 0 Å². The Morgan fingerprint density at radius 3 is 2.88 bits per heavy atom. The van der Waals surface area contributed by atoms with Crippen LogP contribution in [-0.4, -0.2) is 24.4 Å². The van der Waals surface area contributed by atoms with E-state index in [4.69, 9.17) is 4.74 Å². The van der Waals surface area contributed by atoms with E-state index in [9.17, 15) is 0 Å². The van der Waals surface area contributed by atoms with Crippen molar-refractivity contribution in [2.45, 2.75) is 0 Å². The smallest absolute Gasteiger partial charge is 0.0861 e. The van der Waals surface area contributed by atoms with Crippen LogP contribution in [-0.2, 0) is 4.74 Å². The Morgan fingerprint density at radius 2 is 2.50 bits per heavy atom. The fourth-order valence-electron chi connectivity index (χ4n) is 0.594. The second-order valence-electron chi connectivity index (χ2n) is 1.81. The zero-order valence-electron chi connectivity index (χ0n) is 4.76. The number of ether oxygens (including phenoxy) is 1. The van der Waals surface area contributed by atoms with E-state index in [1.165, 1.54) is 0 Å². The molecular weight excluding hydrogens is 121 g/mol. The van der Waals surface area contributed by atoms with Crippen molar-refractivity contribution in [1.82, 2.24) is 4.67 Å². The van der Waals surface area contributed by atoms with Gasteiger partial charge in [0, 0.05) is 12.2 Å². The maximum atomic E-state index is 5.10. The van der Waals surface area contributed by atoms with Crippen molar-refractivity contribution in [3.63, 3.8) is 0 Å². The highest BCUT2D eigenvalue weighted by molar-refractivity contribution is 7.13. The van der Waals surface area contributed by atoms with Crippen molar-refractivity contribution in [3.05, 3.63) is 12.3 Å². The van der Waals surface area contributed by atoms with Gasteiger partial charge in [-0.1, -0.05) is 6.58 Å². The minimum Gasteiger partial charge on any atom is -0.373 e. The molecule has 0 amide bonds. The second-order valence-corrected chi connectivity index (χ2v) is 2.44. The molecule has 1 heterocycles. The van der Waals surface area contributed by atoms with Gasteiger partial charge in [0.25, 0.3) is 0 Å². The highest BCUT2D eigenvalue weighted by Crippen LogP contribution is 2.11. The summed E-state index contributed by atoms with van der Waals surface area (Å²) in [5.41, 5.74) is 1.04. The predicted octanol–water partition coefficient (Wildman–Crippen LogP) is 0.622. The van der Waals surface area contributed by atoms with Gasteiger partial charge in [-0.15, -0.1) is 0 Å². The van der Waals surface area contributed by atoms with Crippen LogP contribution in [0.1, 0.15) is 0 Å². The topological polar surface area (TPSA) is 12.5 Å². The predicted molar refractivity (Wildman–Crippen MR) is 36.4 cm³/mol. The Morgan fingerprint density at radius 1 is 1.75 bits per heavy atom. The SMILES string of the molecule is C=C1COCCN1P. The normalized spacial score (nSPS) is 21.6. The Bertz CT molecular complexity index is 105. The van der Waals surface area contributed by atoms with Crippen LogP contribution < -0.4 is 0 Å². The summed E-state index contributed by atoms with van der Waals surface area (Å²) in [7, 11) is 2.60. The Hall–Kier alpha value is -0.0700. The lowest BCUT2D eigenvalue weighted by atomic mass is 10.4. The van der Waals surface area contributed by atoms with Gasteiger partial charge < -0.3 is 9.41 Å². The fourth-order valence-corrected chi connectivity index (χ4v) is 0.774. The van der Waals surface area contributed by atoms with Crippen molar-refractivity contribution in [2.75, 3.05) is 19.8 Å². The van der Waals surface area contributed by atoms with Gasteiger partial charge >= 0.3 is 0 Å². The van der Waals surface area contributed by atoms with Crippen LogP contribution in [0.4, 0.5) is 0 Å². The molecule has 46 valence electrons. The average Bonchev–Trinajstić information content (AvgIpc) is 1.77. The van der Waals surface area contributed by atoms with E-state index in [1.54, 1.807) is 0 Å². The summed E-state index contributed by atoms with van der Waals surface area (Å²) in [5, 5.41) is 0. The van der Waals surface area contributed by atoms with Crippen molar-refractivity contribution in [1.29, 1.82) is 0 Å². The summed E-state index contributed by atoms with van der Waals surface area (Å²) in [6.45, 7) is 6.23. The molecule has 0 saturated carbocycles. The van der Waals surface area contributed by atoms with Crippen molar-refractivity contribution < 1.29 is 4.74 Å². The Kier molecular flexibility index (Phi) is 1.87. The zero-order valence-corrected chi connectivity index (χ0v) is 5.92. The molecule has 1 rings (SSSR count). The lowest BCUT2D eigenvalue weighted by Gasteiger charge is -2.25. The van der Waals surface area contributed by atoms with Crippen LogP contribution in [0.5, 0.6) is 0 Å². The molecule has 0 aromatic heterocycles. The molecule has 1 unspecified atom stereocenters. The largest absolute Gasteiger partial charge is 0.373 e. The average molecular weight is 131 g/mol. The molecule has 0 radical (unpaired) electrons. The molecule has 3 heteroatoms. The molecule has 0 aromatic carbocycles. The fraction of sp³-hybridized carbons (Fsp3) is 0.600. The standard InChI is InChI=1S/C5H10NOP/c1-5-4-7-3-2-6(5)8/h1-4,8H2. The van der Waals surface area contributed by atoms with Crippen LogP contribution in [0, 0.1) is 0 Å². The molecular formula is C5H10NOP. The van der Waals surface area contributed by atoms with E-state index in [1.807, 2.05) is 4.67 Å². The van der Waals surface area contributed by atoms with E-state index >= 15 is 0 Å². The van der Waals surface area contributed by atoms with Crippen LogP contribution in [0.3, 0.4) is 0 Å². The number of nitrogens with zero attached hydrogens (tertiary/aromatic N) is 1. The molecule has 8 heavy (non-hydrogen) atoms. The first-order chi connectivity index (χ1) is 3.80. The Labute approximate surface area is 51.8 Å². The number of rotatable bonds is 0. The summed E-state index contributed by atoms with van der Waals surface area (Å²) < 4.78 is 7.13. The highest BCUT2D eigenvalue weighted by atomic mass is 31.0. The first-order valence-electron chi connectivity index (χ1n) is 2.58. The monoisotopic (exact) mass is 131 g/mol. The maximum absolute atomic E-state index is 5.10. The van der Waals surface area contributed by atoms with Gasteiger partial charge in [-0.2, -0.15) is 0 Å². The van der Waals surface area contributed by atoms with Gasteiger partial charge in [-0.25, -0.2) is 0 Å². The number of morpholine rings is 1. The molecule has 1 aliphatic heterocycles. The molecule has 0 spiro atoms. The lowest BCUT2D eigenvalue weighted by molar-refractivity contribution is 0.107. The summed E-state index contributed by atoms with van der Waals surface area (Å²) in [5.74, 6) is 0. The van der Waals surface area contributed by atoms with Crippen molar-refractivity contribution in [2.24, 2.45) is 0 Å². The van der Waals surface area contributed by atoms with E-state index in [-0.39, 0.29) is 0 Å². The van der Waals surface area contributed by atoms with E-state index < -0.39 is 0 Å². The summed E-state index contributed by atoms with van der Waals surface area (Å²) in [6.07, 6.45) is 0. The van der Waals surface area contributed by atoms with Gasteiger partial charge in [-0.3, -0.25) is 0 Å². The van der Waals surface area contributed by atoms with Gasteiger partial charge in [0.15, 0.2) is 0 Å². The summed E-state index contributed by atoms with van der Waals surface area (Å²) in [4.78, 5) is 0. The third-order valence-electron chi connectivity index (χ3n) is 1.15. The second kappa shape index (κ2) is 2.47. The molecule has 0 aliphatic carbocycles. The van der Waals surface area contributed by atoms with E-state index in [2.05, 4.69) is 16.0 Å². The van der Waals surface area contributed by atoms with E-state index in [0.717, 1.165) is 18.8 Å². The summed E-state index contributed by atoms with van der Waals surface area (Å²) >= 11 is 0. The molecule has 2 nitrogen and oxygen atoms in total. The first kappa shape index (κ1) is 6.06. The molecule has 1 fully saturated rings.